The van der Waals surface area contributed by atoms with Gasteiger partial charge in [0.05, 0.1) is 6.54 Å². The van der Waals surface area contributed by atoms with Gasteiger partial charge in [-0.05, 0) is 31.8 Å². The largest absolute Gasteiger partial charge is 0.352 e. The van der Waals surface area contributed by atoms with Gasteiger partial charge in [0.2, 0.25) is 5.91 Å². The second-order valence-corrected chi connectivity index (χ2v) is 5.92. The average molecular weight is 269 g/mol. The van der Waals surface area contributed by atoms with Crippen LogP contribution in [-0.2, 0) is 4.79 Å². The minimum absolute atomic E-state index is 0.179. The Morgan fingerprint density at radius 2 is 1.95 bits per heavy atom. The van der Waals surface area contributed by atoms with Crippen LogP contribution in [0.5, 0.6) is 0 Å². The molecule has 1 unspecified atom stereocenters. The first-order valence-corrected chi connectivity index (χ1v) is 7.87. The highest BCUT2D eigenvalue weighted by Crippen LogP contribution is 2.17. The van der Waals surface area contributed by atoms with Crippen molar-refractivity contribution in [1.29, 1.82) is 0 Å². The van der Waals surface area contributed by atoms with E-state index in [4.69, 9.17) is 5.73 Å². The van der Waals surface area contributed by atoms with Crippen LogP contribution in [0.2, 0.25) is 0 Å². The molecular formula is C15H31N3O. The third kappa shape index (κ3) is 6.92. The summed E-state index contributed by atoms with van der Waals surface area (Å²) in [6.45, 7) is 7.24. The Kier molecular flexibility index (Phi) is 8.07. The van der Waals surface area contributed by atoms with Crippen molar-refractivity contribution in [2.24, 2.45) is 11.7 Å². The van der Waals surface area contributed by atoms with Crippen LogP contribution in [0.4, 0.5) is 0 Å². The molecule has 0 aromatic carbocycles. The van der Waals surface area contributed by atoms with Crippen molar-refractivity contribution in [3.05, 3.63) is 0 Å². The predicted octanol–water partition coefficient (Wildman–Crippen LogP) is 1.74. The summed E-state index contributed by atoms with van der Waals surface area (Å²) in [5, 5.41) is 3.20. The van der Waals surface area contributed by atoms with E-state index in [1.165, 1.54) is 25.7 Å². The lowest BCUT2D eigenvalue weighted by molar-refractivity contribution is -0.123. The standard InChI is InChI=1S/C15H31N3O/c1-3-18(11-13(2)10-16)12-15(19)17-14-8-6-4-5-7-9-14/h13-14H,3-12,16H2,1-2H3,(H,17,19). The van der Waals surface area contributed by atoms with Gasteiger partial charge >= 0.3 is 0 Å². The highest BCUT2D eigenvalue weighted by molar-refractivity contribution is 5.78. The van der Waals surface area contributed by atoms with Crippen molar-refractivity contribution in [3.63, 3.8) is 0 Å². The smallest absolute Gasteiger partial charge is 0.234 e. The summed E-state index contributed by atoms with van der Waals surface area (Å²) in [5.41, 5.74) is 5.65. The number of nitrogens with two attached hydrogens (primary N) is 1. The zero-order valence-electron chi connectivity index (χ0n) is 12.7. The van der Waals surface area contributed by atoms with Crippen LogP contribution in [0.25, 0.3) is 0 Å². The number of nitrogens with zero attached hydrogens (tertiary/aromatic N) is 1. The summed E-state index contributed by atoms with van der Waals surface area (Å²) in [7, 11) is 0. The molecule has 0 aromatic rings. The van der Waals surface area contributed by atoms with Gasteiger partial charge < -0.3 is 11.1 Å². The Morgan fingerprint density at radius 1 is 1.32 bits per heavy atom. The summed E-state index contributed by atoms with van der Waals surface area (Å²) in [6, 6.07) is 0.403. The van der Waals surface area contributed by atoms with Crippen molar-refractivity contribution in [1.82, 2.24) is 10.2 Å². The van der Waals surface area contributed by atoms with Crippen molar-refractivity contribution >= 4 is 5.91 Å². The molecule has 1 amide bonds. The van der Waals surface area contributed by atoms with Crippen LogP contribution >= 0.6 is 0 Å². The molecular weight excluding hydrogens is 238 g/mol. The normalized spacial score (nSPS) is 19.2. The molecule has 1 saturated carbocycles. The predicted molar refractivity (Wildman–Crippen MR) is 80.0 cm³/mol. The fraction of sp³-hybridized carbons (Fsp3) is 0.933. The fourth-order valence-electron chi connectivity index (χ4n) is 2.72. The third-order valence-electron chi connectivity index (χ3n) is 4.01. The second kappa shape index (κ2) is 9.32. The Balaban J connectivity index is 2.31. The van der Waals surface area contributed by atoms with Gasteiger partial charge in [-0.1, -0.05) is 39.5 Å². The van der Waals surface area contributed by atoms with E-state index in [0.29, 0.717) is 25.0 Å². The number of hydrogen-bond donors (Lipinski definition) is 2. The molecule has 112 valence electrons. The minimum Gasteiger partial charge on any atom is -0.352 e. The van der Waals surface area contributed by atoms with E-state index < -0.39 is 0 Å². The van der Waals surface area contributed by atoms with Gasteiger partial charge in [0.25, 0.3) is 0 Å². The molecule has 1 rings (SSSR count). The zero-order chi connectivity index (χ0) is 14.1. The summed E-state index contributed by atoms with van der Waals surface area (Å²) < 4.78 is 0. The van der Waals surface area contributed by atoms with E-state index in [0.717, 1.165) is 25.9 Å². The second-order valence-electron chi connectivity index (χ2n) is 5.92. The molecule has 0 saturated heterocycles. The van der Waals surface area contributed by atoms with Crippen molar-refractivity contribution < 1.29 is 4.79 Å². The first-order chi connectivity index (χ1) is 9.15. The van der Waals surface area contributed by atoms with E-state index in [2.05, 4.69) is 24.1 Å². The SMILES string of the molecule is CCN(CC(=O)NC1CCCCCC1)CC(C)CN. The number of hydrogen-bond acceptors (Lipinski definition) is 3. The van der Waals surface area contributed by atoms with Crippen molar-refractivity contribution in [2.75, 3.05) is 26.2 Å². The highest BCUT2D eigenvalue weighted by atomic mass is 16.2. The van der Waals surface area contributed by atoms with Crippen LogP contribution in [0, 0.1) is 5.92 Å². The average Bonchev–Trinajstić information content (AvgIpc) is 2.66. The quantitative estimate of drug-likeness (QED) is 0.692. The molecule has 1 atom stereocenters. The lowest BCUT2D eigenvalue weighted by atomic mass is 10.1. The number of nitrogens with one attached hydrogen (secondary N) is 1. The summed E-state index contributed by atoms with van der Waals surface area (Å²) >= 11 is 0. The number of likely N-dealkylation sites (N-methyl/N-ethyl adjacent to an activating group) is 1. The monoisotopic (exact) mass is 269 g/mol. The maximum Gasteiger partial charge on any atom is 0.234 e. The van der Waals surface area contributed by atoms with Gasteiger partial charge in [-0.3, -0.25) is 9.69 Å². The van der Waals surface area contributed by atoms with Crippen molar-refractivity contribution in [3.8, 4) is 0 Å². The molecule has 0 spiro atoms. The number of amides is 1. The molecule has 19 heavy (non-hydrogen) atoms. The molecule has 4 nitrogen and oxygen atoms in total. The lowest BCUT2D eigenvalue weighted by Gasteiger charge is -2.24. The number of carbonyl (C=O) groups excluding carboxylic acids is 1. The highest BCUT2D eigenvalue weighted by Gasteiger charge is 2.17. The van der Waals surface area contributed by atoms with E-state index in [1.807, 2.05) is 0 Å². The first kappa shape index (κ1) is 16.4. The Labute approximate surface area is 118 Å². The lowest BCUT2D eigenvalue weighted by Crippen LogP contribution is -2.43. The minimum atomic E-state index is 0.179. The maximum absolute atomic E-state index is 12.1. The first-order valence-electron chi connectivity index (χ1n) is 7.87. The Morgan fingerprint density at radius 3 is 2.47 bits per heavy atom. The molecule has 0 aromatic heterocycles. The Hall–Kier alpha value is -0.610. The molecule has 0 radical (unpaired) electrons. The van der Waals surface area contributed by atoms with E-state index in [-0.39, 0.29) is 5.91 Å². The van der Waals surface area contributed by atoms with Crippen molar-refractivity contribution in [2.45, 2.75) is 58.4 Å². The molecule has 1 aliphatic carbocycles. The molecule has 0 bridgehead atoms. The third-order valence-corrected chi connectivity index (χ3v) is 4.01. The van der Waals surface area contributed by atoms with Gasteiger partial charge in [-0.2, -0.15) is 0 Å². The van der Waals surface area contributed by atoms with Crippen LogP contribution in [0.3, 0.4) is 0 Å². The topological polar surface area (TPSA) is 58.4 Å². The number of carbonyl (C=O) groups is 1. The van der Waals surface area contributed by atoms with Gasteiger partial charge in [0.15, 0.2) is 0 Å². The van der Waals surface area contributed by atoms with Crippen LogP contribution in [-0.4, -0.2) is 43.0 Å². The number of rotatable bonds is 7. The van der Waals surface area contributed by atoms with Gasteiger partial charge in [-0.25, -0.2) is 0 Å². The Bertz CT molecular complexity index is 250. The van der Waals surface area contributed by atoms with Crippen LogP contribution < -0.4 is 11.1 Å². The molecule has 0 aliphatic heterocycles. The van der Waals surface area contributed by atoms with Gasteiger partial charge in [0, 0.05) is 12.6 Å². The molecule has 3 N–H and O–H groups in total. The van der Waals surface area contributed by atoms with E-state index in [9.17, 15) is 4.79 Å². The summed E-state index contributed by atoms with van der Waals surface area (Å²) in [6.07, 6.45) is 7.45. The van der Waals surface area contributed by atoms with Gasteiger partial charge in [-0.15, -0.1) is 0 Å². The van der Waals surface area contributed by atoms with Crippen LogP contribution in [0.15, 0.2) is 0 Å². The summed E-state index contributed by atoms with van der Waals surface area (Å²) in [5.74, 6) is 0.628. The molecule has 0 heterocycles. The van der Waals surface area contributed by atoms with Gasteiger partial charge in [0.1, 0.15) is 0 Å². The molecule has 4 heteroatoms. The molecule has 1 aliphatic rings. The maximum atomic E-state index is 12.1. The fourth-order valence-corrected chi connectivity index (χ4v) is 2.72. The molecule has 1 fully saturated rings. The van der Waals surface area contributed by atoms with E-state index in [1.54, 1.807) is 0 Å². The van der Waals surface area contributed by atoms with Crippen LogP contribution in [0.1, 0.15) is 52.4 Å². The summed E-state index contributed by atoms with van der Waals surface area (Å²) in [4.78, 5) is 14.3. The van der Waals surface area contributed by atoms with E-state index >= 15 is 0 Å². The zero-order valence-corrected chi connectivity index (χ0v) is 12.7.